The smallest absolute Gasteiger partial charge is 0.230 e. The Morgan fingerprint density at radius 3 is 2.82 bits per heavy atom. The lowest BCUT2D eigenvalue weighted by molar-refractivity contribution is -0.130. The van der Waals surface area contributed by atoms with Gasteiger partial charge in [-0.3, -0.25) is 9.48 Å². The maximum Gasteiger partial charge on any atom is 0.230 e. The van der Waals surface area contributed by atoms with E-state index in [2.05, 4.69) is 10.4 Å². The molecule has 5 heteroatoms. The molecule has 0 atom stereocenters. The zero-order valence-electron chi connectivity index (χ0n) is 12.7. The number of nitrogens with one attached hydrogen (secondary N) is 1. The maximum absolute atomic E-state index is 12.7. The molecule has 1 aromatic carbocycles. The summed E-state index contributed by atoms with van der Waals surface area (Å²) >= 11 is 6.08. The Morgan fingerprint density at radius 2 is 2.23 bits per heavy atom. The first-order chi connectivity index (χ1) is 10.6. The van der Waals surface area contributed by atoms with Crippen LogP contribution in [0.3, 0.4) is 0 Å². The molecule has 1 aliphatic rings. The fraction of sp³-hybridized carbons (Fsp3) is 0.412. The van der Waals surface area contributed by atoms with E-state index in [0.29, 0.717) is 11.6 Å². The molecule has 4 nitrogen and oxygen atoms in total. The number of carbonyl (C=O) groups is 1. The molecule has 0 saturated heterocycles. The van der Waals surface area contributed by atoms with Crippen LogP contribution in [0.4, 0.5) is 0 Å². The van der Waals surface area contributed by atoms with E-state index in [-0.39, 0.29) is 5.91 Å². The molecular weight excluding hydrogens is 298 g/mol. The van der Waals surface area contributed by atoms with Gasteiger partial charge in [0.25, 0.3) is 0 Å². The Morgan fingerprint density at radius 1 is 1.41 bits per heavy atom. The van der Waals surface area contributed by atoms with Crippen molar-refractivity contribution in [2.75, 3.05) is 0 Å². The van der Waals surface area contributed by atoms with Gasteiger partial charge in [-0.25, -0.2) is 0 Å². The zero-order valence-corrected chi connectivity index (χ0v) is 13.4. The number of amides is 1. The average Bonchev–Trinajstić information content (AvgIpc) is 2.92. The number of aromatic nitrogens is 2. The first kappa shape index (κ1) is 15.1. The van der Waals surface area contributed by atoms with Crippen molar-refractivity contribution < 1.29 is 4.79 Å². The van der Waals surface area contributed by atoms with Crippen LogP contribution in [0, 0.1) is 0 Å². The van der Waals surface area contributed by atoms with Crippen molar-refractivity contribution >= 4 is 17.5 Å². The Labute approximate surface area is 135 Å². The summed E-state index contributed by atoms with van der Waals surface area (Å²) in [5, 5.41) is 8.11. The molecule has 0 radical (unpaired) electrons. The van der Waals surface area contributed by atoms with Gasteiger partial charge >= 0.3 is 0 Å². The molecule has 3 rings (SSSR count). The molecule has 1 aromatic heterocycles. The van der Waals surface area contributed by atoms with Gasteiger partial charge in [0.05, 0.1) is 17.7 Å². The number of nitrogens with zero attached hydrogens (tertiary/aromatic N) is 2. The number of halogens is 1. The van der Waals surface area contributed by atoms with Gasteiger partial charge < -0.3 is 5.32 Å². The minimum atomic E-state index is -0.418. The minimum Gasteiger partial charge on any atom is -0.350 e. The summed E-state index contributed by atoms with van der Waals surface area (Å²) in [4.78, 5) is 12.7. The molecule has 1 heterocycles. The molecular formula is C17H20ClN3O. The normalized spacial score (nSPS) is 16.1. The third-order valence-corrected chi connectivity index (χ3v) is 4.70. The van der Waals surface area contributed by atoms with Crippen molar-refractivity contribution in [1.29, 1.82) is 0 Å². The number of rotatable bonds is 5. The van der Waals surface area contributed by atoms with Gasteiger partial charge in [0.2, 0.25) is 5.91 Å². The van der Waals surface area contributed by atoms with Crippen LogP contribution in [0.5, 0.6) is 0 Å². The van der Waals surface area contributed by atoms with E-state index >= 15 is 0 Å². The highest BCUT2D eigenvalue weighted by Gasteiger charge is 2.45. The van der Waals surface area contributed by atoms with E-state index in [1.165, 1.54) is 0 Å². The van der Waals surface area contributed by atoms with Crippen molar-refractivity contribution in [2.24, 2.45) is 0 Å². The Bertz CT molecular complexity index is 676. The average molecular weight is 318 g/mol. The van der Waals surface area contributed by atoms with E-state index in [1.807, 2.05) is 48.1 Å². The number of hydrogen-bond acceptors (Lipinski definition) is 2. The Hall–Kier alpha value is -1.81. The predicted octanol–water partition coefficient (Wildman–Crippen LogP) is 3.29. The van der Waals surface area contributed by atoms with Crippen LogP contribution < -0.4 is 5.32 Å². The first-order valence-electron chi connectivity index (χ1n) is 7.71. The second-order valence-corrected chi connectivity index (χ2v) is 6.23. The molecule has 0 unspecified atom stereocenters. The highest BCUT2D eigenvalue weighted by atomic mass is 35.5. The molecule has 116 valence electrons. The number of carbonyl (C=O) groups excluding carboxylic acids is 1. The SMILES string of the molecule is CCn1ccc(CNC(=O)C2(c3cccc(Cl)c3)CCC2)n1. The van der Waals surface area contributed by atoms with Gasteiger partial charge in [-0.05, 0) is 43.5 Å². The molecule has 0 spiro atoms. The third kappa shape index (κ3) is 2.75. The van der Waals surface area contributed by atoms with Crippen LogP contribution in [0.25, 0.3) is 0 Å². The van der Waals surface area contributed by atoms with Crippen molar-refractivity contribution in [3.05, 3.63) is 52.8 Å². The molecule has 0 bridgehead atoms. The van der Waals surface area contributed by atoms with E-state index in [1.54, 1.807) is 0 Å². The maximum atomic E-state index is 12.7. The summed E-state index contributed by atoms with van der Waals surface area (Å²) in [6.45, 7) is 3.34. The van der Waals surface area contributed by atoms with Crippen LogP contribution in [0.1, 0.15) is 37.4 Å². The zero-order chi connectivity index (χ0) is 15.6. The second kappa shape index (κ2) is 6.13. The molecule has 0 aliphatic heterocycles. The predicted molar refractivity (Wildman–Crippen MR) is 86.7 cm³/mol. The summed E-state index contributed by atoms with van der Waals surface area (Å²) in [5.74, 6) is 0.0760. The van der Waals surface area contributed by atoms with Crippen LogP contribution in [-0.4, -0.2) is 15.7 Å². The summed E-state index contributed by atoms with van der Waals surface area (Å²) in [5.41, 5.74) is 1.48. The topological polar surface area (TPSA) is 46.9 Å². The minimum absolute atomic E-state index is 0.0760. The first-order valence-corrected chi connectivity index (χ1v) is 8.08. The lowest BCUT2D eigenvalue weighted by Gasteiger charge is -2.40. The molecule has 1 N–H and O–H groups in total. The Balaban J connectivity index is 1.72. The Kier molecular flexibility index (Phi) is 4.21. The molecule has 1 saturated carbocycles. The second-order valence-electron chi connectivity index (χ2n) is 5.79. The largest absolute Gasteiger partial charge is 0.350 e. The van der Waals surface area contributed by atoms with Gasteiger partial charge in [-0.15, -0.1) is 0 Å². The summed E-state index contributed by atoms with van der Waals surface area (Å²) in [7, 11) is 0. The molecule has 22 heavy (non-hydrogen) atoms. The van der Waals surface area contributed by atoms with E-state index in [9.17, 15) is 4.79 Å². The summed E-state index contributed by atoms with van der Waals surface area (Å²) < 4.78 is 1.86. The summed E-state index contributed by atoms with van der Waals surface area (Å²) in [6, 6.07) is 9.60. The van der Waals surface area contributed by atoms with E-state index in [0.717, 1.165) is 37.1 Å². The van der Waals surface area contributed by atoms with Crippen LogP contribution in [0.2, 0.25) is 5.02 Å². The lowest BCUT2D eigenvalue weighted by Crippen LogP contribution is -2.49. The molecule has 1 amide bonds. The monoisotopic (exact) mass is 317 g/mol. The van der Waals surface area contributed by atoms with Gasteiger partial charge in [0.1, 0.15) is 0 Å². The van der Waals surface area contributed by atoms with Gasteiger partial charge in [0, 0.05) is 17.8 Å². The van der Waals surface area contributed by atoms with Crippen LogP contribution in [0.15, 0.2) is 36.5 Å². The number of benzene rings is 1. The van der Waals surface area contributed by atoms with Crippen LogP contribution >= 0.6 is 11.6 Å². The van der Waals surface area contributed by atoms with Crippen molar-refractivity contribution in [3.63, 3.8) is 0 Å². The standard InChI is InChI=1S/C17H20ClN3O/c1-2-21-10-7-15(20-21)12-19-16(22)17(8-4-9-17)13-5-3-6-14(18)11-13/h3,5-7,10-11H,2,4,8-9,12H2,1H3,(H,19,22). The number of hydrogen-bond donors (Lipinski definition) is 1. The molecule has 2 aromatic rings. The van der Waals surface area contributed by atoms with Gasteiger partial charge in [-0.2, -0.15) is 5.10 Å². The third-order valence-electron chi connectivity index (χ3n) is 4.47. The van der Waals surface area contributed by atoms with Crippen molar-refractivity contribution in [3.8, 4) is 0 Å². The van der Waals surface area contributed by atoms with Gasteiger partial charge in [-0.1, -0.05) is 30.2 Å². The summed E-state index contributed by atoms with van der Waals surface area (Å²) in [6.07, 6.45) is 4.76. The fourth-order valence-electron chi connectivity index (χ4n) is 2.98. The molecule has 1 fully saturated rings. The quantitative estimate of drug-likeness (QED) is 0.919. The number of aryl methyl sites for hydroxylation is 1. The fourth-order valence-corrected chi connectivity index (χ4v) is 3.17. The van der Waals surface area contributed by atoms with E-state index in [4.69, 9.17) is 11.6 Å². The highest BCUT2D eigenvalue weighted by molar-refractivity contribution is 6.30. The van der Waals surface area contributed by atoms with E-state index < -0.39 is 5.41 Å². The van der Waals surface area contributed by atoms with Crippen LogP contribution in [-0.2, 0) is 23.3 Å². The van der Waals surface area contributed by atoms with Crippen molar-refractivity contribution in [1.82, 2.24) is 15.1 Å². The van der Waals surface area contributed by atoms with Gasteiger partial charge in [0.15, 0.2) is 0 Å². The van der Waals surface area contributed by atoms with Crippen molar-refractivity contribution in [2.45, 2.75) is 44.7 Å². The molecule has 1 aliphatic carbocycles. The highest BCUT2D eigenvalue weighted by Crippen LogP contribution is 2.44. The lowest BCUT2D eigenvalue weighted by atomic mass is 9.64.